The lowest BCUT2D eigenvalue weighted by molar-refractivity contribution is 0.514. The summed E-state index contributed by atoms with van der Waals surface area (Å²) in [7, 11) is 0. The topological polar surface area (TPSA) is 26.0 Å². The van der Waals surface area contributed by atoms with Gasteiger partial charge in [0.1, 0.15) is 0 Å². The Balaban J connectivity index is 2.35. The van der Waals surface area contributed by atoms with E-state index in [1.807, 2.05) is 19.1 Å². The van der Waals surface area contributed by atoms with Gasteiger partial charge in [-0.15, -0.1) is 11.6 Å². The Labute approximate surface area is 108 Å². The van der Waals surface area contributed by atoms with Gasteiger partial charge in [0.25, 0.3) is 0 Å². The smallest absolute Gasteiger partial charge is 0.196 e. The minimum absolute atomic E-state index is 0.523. The minimum atomic E-state index is 0.523. The van der Waals surface area contributed by atoms with Gasteiger partial charge < -0.3 is 4.42 Å². The summed E-state index contributed by atoms with van der Waals surface area (Å²) in [6.07, 6.45) is 2.39. The lowest BCUT2D eigenvalue weighted by atomic mass is 10.1. The quantitative estimate of drug-likeness (QED) is 0.794. The predicted octanol–water partition coefficient (Wildman–Crippen LogP) is 4.19. The van der Waals surface area contributed by atoms with E-state index in [0.717, 1.165) is 15.8 Å². The Morgan fingerprint density at radius 1 is 1.44 bits per heavy atom. The largest absolute Gasteiger partial charge is 0.441 e. The van der Waals surface area contributed by atoms with Crippen LogP contribution < -0.4 is 0 Å². The van der Waals surface area contributed by atoms with Crippen LogP contribution in [-0.4, -0.2) is 10.9 Å². The van der Waals surface area contributed by atoms with Crippen molar-refractivity contribution in [1.29, 1.82) is 0 Å². The van der Waals surface area contributed by atoms with E-state index in [2.05, 4.69) is 27.0 Å². The average Bonchev–Trinajstić information content (AvgIpc) is 2.67. The highest BCUT2D eigenvalue weighted by Crippen LogP contribution is 2.29. The molecule has 0 unspecified atom stereocenters. The van der Waals surface area contributed by atoms with Crippen LogP contribution in [0, 0.1) is 6.92 Å². The van der Waals surface area contributed by atoms with Crippen molar-refractivity contribution < 1.29 is 4.42 Å². The first-order chi connectivity index (χ1) is 7.70. The third-order valence-electron chi connectivity index (χ3n) is 2.25. The van der Waals surface area contributed by atoms with Gasteiger partial charge in [0.05, 0.1) is 6.20 Å². The molecule has 0 aliphatic heterocycles. The van der Waals surface area contributed by atoms with Crippen LogP contribution in [0.15, 0.2) is 33.3 Å². The lowest BCUT2D eigenvalue weighted by Crippen LogP contribution is -1.83. The molecular formula is C12H11BrClNO. The van der Waals surface area contributed by atoms with E-state index >= 15 is 0 Å². The predicted molar refractivity (Wildman–Crippen MR) is 68.8 cm³/mol. The van der Waals surface area contributed by atoms with E-state index in [4.69, 9.17) is 16.0 Å². The Morgan fingerprint density at radius 3 is 2.94 bits per heavy atom. The van der Waals surface area contributed by atoms with Crippen molar-refractivity contribution in [2.75, 3.05) is 5.88 Å². The van der Waals surface area contributed by atoms with Crippen molar-refractivity contribution in [2.24, 2.45) is 0 Å². The van der Waals surface area contributed by atoms with E-state index in [1.54, 1.807) is 6.20 Å². The van der Waals surface area contributed by atoms with Gasteiger partial charge in [-0.1, -0.05) is 22.0 Å². The van der Waals surface area contributed by atoms with E-state index in [9.17, 15) is 0 Å². The van der Waals surface area contributed by atoms with Crippen LogP contribution >= 0.6 is 27.5 Å². The summed E-state index contributed by atoms with van der Waals surface area (Å²) < 4.78 is 6.62. The number of hydrogen-bond acceptors (Lipinski definition) is 2. The van der Waals surface area contributed by atoms with Gasteiger partial charge in [-0.2, -0.15) is 0 Å². The summed E-state index contributed by atoms with van der Waals surface area (Å²) in [5, 5.41) is 0. The normalized spacial score (nSPS) is 10.7. The molecule has 0 atom stereocenters. The molecule has 4 heteroatoms. The van der Waals surface area contributed by atoms with Crippen molar-refractivity contribution >= 4 is 27.5 Å². The molecule has 0 aliphatic rings. The molecule has 2 rings (SSSR count). The van der Waals surface area contributed by atoms with Crippen LogP contribution in [0.2, 0.25) is 0 Å². The molecule has 0 bridgehead atoms. The van der Waals surface area contributed by atoms with E-state index < -0.39 is 0 Å². The molecule has 0 aliphatic carbocycles. The van der Waals surface area contributed by atoms with Crippen molar-refractivity contribution in [3.8, 4) is 11.3 Å². The van der Waals surface area contributed by atoms with Crippen LogP contribution in [0.3, 0.4) is 0 Å². The zero-order valence-corrected chi connectivity index (χ0v) is 11.2. The molecule has 0 fully saturated rings. The van der Waals surface area contributed by atoms with Crippen LogP contribution in [0.25, 0.3) is 11.3 Å². The SMILES string of the molecule is Cc1ccc(-c2cnc(CCCl)o2)c(Br)c1. The fourth-order valence-electron chi connectivity index (χ4n) is 1.45. The second-order valence-corrected chi connectivity index (χ2v) is 4.77. The zero-order valence-electron chi connectivity index (χ0n) is 8.84. The Hall–Kier alpha value is -0.800. The first kappa shape index (κ1) is 11.7. The minimum Gasteiger partial charge on any atom is -0.441 e. The molecule has 0 amide bonds. The zero-order chi connectivity index (χ0) is 11.5. The Kier molecular flexibility index (Phi) is 3.66. The van der Waals surface area contributed by atoms with Gasteiger partial charge in [-0.05, 0) is 24.6 Å². The van der Waals surface area contributed by atoms with Gasteiger partial charge in [-0.25, -0.2) is 4.98 Å². The molecule has 0 saturated heterocycles. The van der Waals surface area contributed by atoms with Crippen LogP contribution in [0.1, 0.15) is 11.5 Å². The number of halogens is 2. The molecule has 84 valence electrons. The van der Waals surface area contributed by atoms with Gasteiger partial charge in [0.15, 0.2) is 11.7 Å². The summed E-state index contributed by atoms with van der Waals surface area (Å²) in [5.74, 6) is 1.97. The van der Waals surface area contributed by atoms with Crippen molar-refractivity contribution in [3.63, 3.8) is 0 Å². The van der Waals surface area contributed by atoms with Gasteiger partial charge >= 0.3 is 0 Å². The Morgan fingerprint density at radius 2 is 2.25 bits per heavy atom. The number of alkyl halides is 1. The number of benzene rings is 1. The second kappa shape index (κ2) is 5.02. The van der Waals surface area contributed by atoms with Crippen LogP contribution in [0.5, 0.6) is 0 Å². The standard InChI is InChI=1S/C12H11BrClNO/c1-8-2-3-9(10(13)6-8)11-7-15-12(16-11)4-5-14/h2-3,6-7H,4-5H2,1H3. The number of rotatable bonds is 3. The summed E-state index contributed by atoms with van der Waals surface area (Å²) in [4.78, 5) is 4.17. The highest BCUT2D eigenvalue weighted by molar-refractivity contribution is 9.10. The van der Waals surface area contributed by atoms with Crippen molar-refractivity contribution in [3.05, 3.63) is 40.3 Å². The van der Waals surface area contributed by atoms with Crippen LogP contribution in [-0.2, 0) is 6.42 Å². The summed E-state index contributed by atoms with van der Waals surface area (Å²) in [6.45, 7) is 2.05. The third kappa shape index (κ3) is 2.47. The maximum absolute atomic E-state index is 5.63. The molecule has 1 aromatic heterocycles. The number of aryl methyl sites for hydroxylation is 2. The highest BCUT2D eigenvalue weighted by atomic mass is 79.9. The third-order valence-corrected chi connectivity index (χ3v) is 3.10. The van der Waals surface area contributed by atoms with Gasteiger partial charge in [0, 0.05) is 22.3 Å². The van der Waals surface area contributed by atoms with Crippen molar-refractivity contribution in [1.82, 2.24) is 4.98 Å². The molecule has 2 aromatic rings. The number of hydrogen-bond donors (Lipinski definition) is 0. The maximum Gasteiger partial charge on any atom is 0.196 e. The van der Waals surface area contributed by atoms with Crippen LogP contribution in [0.4, 0.5) is 0 Å². The fourth-order valence-corrected chi connectivity index (χ4v) is 2.30. The van der Waals surface area contributed by atoms with E-state index in [-0.39, 0.29) is 0 Å². The molecule has 0 saturated carbocycles. The molecule has 1 aromatic carbocycles. The highest BCUT2D eigenvalue weighted by Gasteiger charge is 2.09. The molecule has 16 heavy (non-hydrogen) atoms. The molecule has 0 N–H and O–H groups in total. The molecular weight excluding hydrogens is 289 g/mol. The second-order valence-electron chi connectivity index (χ2n) is 3.54. The number of nitrogens with zero attached hydrogens (tertiary/aromatic N) is 1. The van der Waals surface area contributed by atoms with Gasteiger partial charge in [-0.3, -0.25) is 0 Å². The number of aromatic nitrogens is 1. The van der Waals surface area contributed by atoms with E-state index in [1.165, 1.54) is 5.56 Å². The first-order valence-corrected chi connectivity index (χ1v) is 6.30. The first-order valence-electron chi connectivity index (χ1n) is 4.98. The molecule has 0 radical (unpaired) electrons. The average molecular weight is 301 g/mol. The molecule has 1 heterocycles. The summed E-state index contributed by atoms with van der Waals surface area (Å²) in [5.41, 5.74) is 2.22. The molecule has 2 nitrogen and oxygen atoms in total. The lowest BCUT2D eigenvalue weighted by Gasteiger charge is -2.01. The number of oxazole rings is 1. The summed E-state index contributed by atoms with van der Waals surface area (Å²) >= 11 is 9.15. The summed E-state index contributed by atoms with van der Waals surface area (Å²) in [6, 6.07) is 6.12. The van der Waals surface area contributed by atoms with E-state index in [0.29, 0.717) is 18.2 Å². The monoisotopic (exact) mass is 299 g/mol. The maximum atomic E-state index is 5.63. The Bertz CT molecular complexity index is 496. The molecule has 0 spiro atoms. The fraction of sp³-hybridized carbons (Fsp3) is 0.250. The van der Waals surface area contributed by atoms with Gasteiger partial charge in [0.2, 0.25) is 0 Å². The van der Waals surface area contributed by atoms with Crippen molar-refractivity contribution in [2.45, 2.75) is 13.3 Å².